The van der Waals surface area contributed by atoms with E-state index >= 15 is 0 Å². The van der Waals surface area contributed by atoms with Gasteiger partial charge < -0.3 is 15.3 Å². The number of nitrogens with one attached hydrogen (secondary N) is 1. The van der Waals surface area contributed by atoms with E-state index in [9.17, 15) is 9.90 Å². The van der Waals surface area contributed by atoms with Crippen LogP contribution in [0.25, 0.3) is 0 Å². The number of aliphatic carboxylic acids is 1. The summed E-state index contributed by atoms with van der Waals surface area (Å²) in [6.45, 7) is 14.7. The molecule has 0 aromatic heterocycles. The van der Waals surface area contributed by atoms with Gasteiger partial charge in [-0.25, -0.2) is 0 Å². The maximum Gasteiger partial charge on any atom is 0.323 e. The van der Waals surface area contributed by atoms with Crippen LogP contribution in [0.15, 0.2) is 0 Å². The third kappa shape index (κ3) is 8.42. The summed E-state index contributed by atoms with van der Waals surface area (Å²) in [5, 5.41) is 12.6. The summed E-state index contributed by atoms with van der Waals surface area (Å²) in [7, 11) is 0. The van der Waals surface area contributed by atoms with Gasteiger partial charge in [0.1, 0.15) is 5.54 Å². The smallest absolute Gasteiger partial charge is 0.323 e. The number of carboxylic acid groups (broad SMARTS) is 1. The molecule has 0 aromatic carbocycles. The third-order valence-corrected chi connectivity index (χ3v) is 4.35. The monoisotopic (exact) mass is 300 g/mol. The van der Waals surface area contributed by atoms with Crippen LogP contribution in [0, 0.1) is 5.92 Å². The van der Waals surface area contributed by atoms with Gasteiger partial charge in [-0.15, -0.1) is 0 Å². The average Bonchev–Trinajstić information content (AvgIpc) is 2.47. The molecular formula is C17H36N2O2. The van der Waals surface area contributed by atoms with Gasteiger partial charge >= 0.3 is 5.97 Å². The Morgan fingerprint density at radius 2 is 1.95 bits per heavy atom. The quantitative estimate of drug-likeness (QED) is 0.512. The molecule has 0 rings (SSSR count). The molecule has 0 aliphatic heterocycles. The van der Waals surface area contributed by atoms with Crippen molar-refractivity contribution in [3.63, 3.8) is 0 Å². The predicted molar refractivity (Wildman–Crippen MR) is 89.8 cm³/mol. The minimum Gasteiger partial charge on any atom is -0.480 e. The van der Waals surface area contributed by atoms with E-state index in [0.29, 0.717) is 6.42 Å². The van der Waals surface area contributed by atoms with Gasteiger partial charge in [-0.1, -0.05) is 34.1 Å². The van der Waals surface area contributed by atoms with Crippen LogP contribution >= 0.6 is 0 Å². The largest absolute Gasteiger partial charge is 0.480 e. The molecule has 2 N–H and O–H groups in total. The fourth-order valence-electron chi connectivity index (χ4n) is 2.43. The first kappa shape index (κ1) is 20.4. The molecule has 4 heteroatoms. The Morgan fingerprint density at radius 1 is 1.29 bits per heavy atom. The van der Waals surface area contributed by atoms with Crippen LogP contribution in [0.4, 0.5) is 0 Å². The number of carboxylic acids is 1. The van der Waals surface area contributed by atoms with Crippen molar-refractivity contribution in [2.24, 2.45) is 5.92 Å². The number of nitrogens with zero attached hydrogens (tertiary/aromatic N) is 1. The molecular weight excluding hydrogens is 264 g/mol. The van der Waals surface area contributed by atoms with Gasteiger partial charge in [-0.3, -0.25) is 4.79 Å². The molecule has 126 valence electrons. The first-order chi connectivity index (χ1) is 9.89. The lowest BCUT2D eigenvalue weighted by molar-refractivity contribution is -0.144. The molecule has 0 radical (unpaired) electrons. The highest BCUT2D eigenvalue weighted by Crippen LogP contribution is 2.15. The molecule has 0 amide bonds. The minimum atomic E-state index is -0.774. The fraction of sp³-hybridized carbons (Fsp3) is 0.941. The molecule has 2 atom stereocenters. The summed E-state index contributed by atoms with van der Waals surface area (Å²) in [6, 6.07) is 0. The molecule has 0 spiro atoms. The average molecular weight is 300 g/mol. The number of hydrogen-bond acceptors (Lipinski definition) is 3. The number of carbonyl (C=O) groups is 1. The normalized spacial score (nSPS) is 15.9. The standard InChI is InChI=1S/C17H36N2O2/c1-6-12-18-17(5,16(20)21)11-9-10-13-19(8-3)14-15(4)7-2/h15,18H,6-14H2,1-5H3,(H,20,21). The minimum absolute atomic E-state index is 0.698. The van der Waals surface area contributed by atoms with Crippen molar-refractivity contribution in [3.05, 3.63) is 0 Å². The zero-order chi connectivity index (χ0) is 16.3. The molecule has 0 aliphatic carbocycles. The van der Waals surface area contributed by atoms with Crippen molar-refractivity contribution < 1.29 is 9.90 Å². The highest BCUT2D eigenvalue weighted by atomic mass is 16.4. The maximum atomic E-state index is 11.4. The van der Waals surface area contributed by atoms with E-state index in [1.54, 1.807) is 0 Å². The van der Waals surface area contributed by atoms with Crippen LogP contribution < -0.4 is 5.32 Å². The molecule has 0 aliphatic rings. The maximum absolute atomic E-state index is 11.4. The van der Waals surface area contributed by atoms with Crippen LogP contribution in [0.1, 0.15) is 66.7 Å². The molecule has 2 unspecified atom stereocenters. The van der Waals surface area contributed by atoms with Crippen molar-refractivity contribution in [2.75, 3.05) is 26.2 Å². The van der Waals surface area contributed by atoms with Crippen molar-refractivity contribution in [1.82, 2.24) is 10.2 Å². The van der Waals surface area contributed by atoms with E-state index in [-0.39, 0.29) is 0 Å². The number of hydrogen-bond donors (Lipinski definition) is 2. The number of rotatable bonds is 13. The molecule has 0 aromatic rings. The first-order valence-electron chi connectivity index (χ1n) is 8.60. The summed E-state index contributed by atoms with van der Waals surface area (Å²) in [5.74, 6) is 0.00311. The van der Waals surface area contributed by atoms with Gasteiger partial charge in [0.15, 0.2) is 0 Å². The molecule has 0 bridgehead atoms. The van der Waals surface area contributed by atoms with E-state index in [2.05, 4.69) is 37.9 Å². The lowest BCUT2D eigenvalue weighted by Crippen LogP contribution is -2.49. The van der Waals surface area contributed by atoms with Crippen molar-refractivity contribution in [2.45, 2.75) is 72.3 Å². The highest BCUT2D eigenvalue weighted by Gasteiger charge is 2.31. The Kier molecular flexibility index (Phi) is 10.7. The van der Waals surface area contributed by atoms with Gasteiger partial charge in [0.2, 0.25) is 0 Å². The summed E-state index contributed by atoms with van der Waals surface area (Å²) in [4.78, 5) is 13.9. The highest BCUT2D eigenvalue weighted by molar-refractivity contribution is 5.78. The van der Waals surface area contributed by atoms with Crippen LogP contribution in [-0.2, 0) is 4.79 Å². The van der Waals surface area contributed by atoms with Crippen molar-refractivity contribution >= 4 is 5.97 Å². The lowest BCUT2D eigenvalue weighted by Gasteiger charge is -2.27. The van der Waals surface area contributed by atoms with Gasteiger partial charge in [-0.2, -0.15) is 0 Å². The van der Waals surface area contributed by atoms with E-state index in [1.807, 2.05) is 6.92 Å². The molecule has 21 heavy (non-hydrogen) atoms. The molecule has 0 saturated carbocycles. The van der Waals surface area contributed by atoms with E-state index in [1.165, 1.54) is 6.42 Å². The fourth-order valence-corrected chi connectivity index (χ4v) is 2.43. The van der Waals surface area contributed by atoms with Gasteiger partial charge in [0.25, 0.3) is 0 Å². The van der Waals surface area contributed by atoms with E-state index in [4.69, 9.17) is 0 Å². The molecule has 0 fully saturated rings. The van der Waals surface area contributed by atoms with Crippen LogP contribution in [0.3, 0.4) is 0 Å². The van der Waals surface area contributed by atoms with Crippen molar-refractivity contribution in [3.8, 4) is 0 Å². The Balaban J connectivity index is 4.11. The topological polar surface area (TPSA) is 52.6 Å². The van der Waals surface area contributed by atoms with Crippen LogP contribution in [0.2, 0.25) is 0 Å². The van der Waals surface area contributed by atoms with Crippen LogP contribution in [0.5, 0.6) is 0 Å². The summed E-state index contributed by atoms with van der Waals surface area (Å²) in [5.41, 5.74) is -0.774. The second-order valence-electron chi connectivity index (χ2n) is 6.43. The molecule has 0 heterocycles. The van der Waals surface area contributed by atoms with Gasteiger partial charge in [0.05, 0.1) is 0 Å². The third-order valence-electron chi connectivity index (χ3n) is 4.35. The zero-order valence-corrected chi connectivity index (χ0v) is 14.7. The summed E-state index contributed by atoms with van der Waals surface area (Å²) < 4.78 is 0. The summed E-state index contributed by atoms with van der Waals surface area (Å²) >= 11 is 0. The van der Waals surface area contributed by atoms with E-state index in [0.717, 1.165) is 51.4 Å². The second-order valence-corrected chi connectivity index (χ2v) is 6.43. The molecule has 0 saturated heterocycles. The predicted octanol–water partition coefficient (Wildman–Crippen LogP) is 3.37. The Morgan fingerprint density at radius 3 is 2.43 bits per heavy atom. The zero-order valence-electron chi connectivity index (χ0n) is 14.7. The Hall–Kier alpha value is -0.610. The number of unbranched alkanes of at least 4 members (excludes halogenated alkanes) is 1. The Labute approximate surface area is 131 Å². The van der Waals surface area contributed by atoms with Gasteiger partial charge in [-0.05, 0) is 58.2 Å². The first-order valence-corrected chi connectivity index (χ1v) is 8.60. The van der Waals surface area contributed by atoms with E-state index < -0.39 is 11.5 Å². The second kappa shape index (κ2) is 11.0. The van der Waals surface area contributed by atoms with Crippen LogP contribution in [-0.4, -0.2) is 47.7 Å². The lowest BCUT2D eigenvalue weighted by atomic mass is 9.94. The molecule has 4 nitrogen and oxygen atoms in total. The van der Waals surface area contributed by atoms with Gasteiger partial charge in [0, 0.05) is 6.54 Å². The van der Waals surface area contributed by atoms with Crippen molar-refractivity contribution in [1.29, 1.82) is 0 Å². The SMILES string of the molecule is CCCNC(C)(CCCCN(CC)CC(C)CC)C(=O)O. The summed E-state index contributed by atoms with van der Waals surface area (Å²) in [6.07, 6.45) is 4.90. The Bertz CT molecular complexity index is 284.